The molecule has 0 spiro atoms. The van der Waals surface area contributed by atoms with Crippen LogP contribution in [0.1, 0.15) is 36.8 Å². The van der Waals surface area contributed by atoms with Gasteiger partial charge in [0.05, 0.1) is 5.56 Å². The zero-order valence-electron chi connectivity index (χ0n) is 13.7. The summed E-state index contributed by atoms with van der Waals surface area (Å²) in [5.74, 6) is -0.290. The molecule has 0 aromatic heterocycles. The summed E-state index contributed by atoms with van der Waals surface area (Å²) in [5, 5.41) is 0. The highest BCUT2D eigenvalue weighted by molar-refractivity contribution is 5.85. The average Bonchev–Trinajstić information content (AvgIpc) is 2.44. The molecule has 0 atom stereocenters. The highest BCUT2D eigenvalue weighted by atomic mass is 35.5. The van der Waals surface area contributed by atoms with Crippen LogP contribution < -0.4 is 11.5 Å². The van der Waals surface area contributed by atoms with E-state index in [0.717, 1.165) is 31.9 Å². The predicted octanol–water partition coefficient (Wildman–Crippen LogP) is 3.23. The van der Waals surface area contributed by atoms with Crippen molar-refractivity contribution < 1.29 is 18.0 Å². The fourth-order valence-corrected chi connectivity index (χ4v) is 2.29. The second-order valence-electron chi connectivity index (χ2n) is 5.75. The second kappa shape index (κ2) is 10.4. The van der Waals surface area contributed by atoms with Crippen molar-refractivity contribution in [1.82, 2.24) is 4.90 Å². The van der Waals surface area contributed by atoms with Crippen LogP contribution in [0.15, 0.2) is 18.2 Å². The molecule has 4 nitrogen and oxygen atoms in total. The molecule has 24 heavy (non-hydrogen) atoms. The number of halogens is 4. The normalized spacial score (nSPS) is 11.4. The minimum Gasteiger partial charge on any atom is -0.398 e. The van der Waals surface area contributed by atoms with Gasteiger partial charge in [0, 0.05) is 18.7 Å². The summed E-state index contributed by atoms with van der Waals surface area (Å²) in [6.07, 6.45) is -0.883. The largest absolute Gasteiger partial charge is 0.418 e. The summed E-state index contributed by atoms with van der Waals surface area (Å²) >= 11 is 0. The molecule has 0 aliphatic carbocycles. The zero-order valence-corrected chi connectivity index (χ0v) is 14.6. The van der Waals surface area contributed by atoms with Crippen LogP contribution >= 0.6 is 12.4 Å². The third-order valence-electron chi connectivity index (χ3n) is 3.67. The van der Waals surface area contributed by atoms with Gasteiger partial charge >= 0.3 is 6.18 Å². The quantitative estimate of drug-likeness (QED) is 0.520. The first kappa shape index (κ1) is 22.5. The Hall–Kier alpha value is -1.47. The van der Waals surface area contributed by atoms with Crippen molar-refractivity contribution in [2.24, 2.45) is 5.73 Å². The minimum absolute atomic E-state index is 0. The van der Waals surface area contributed by atoms with E-state index in [4.69, 9.17) is 11.5 Å². The predicted molar refractivity (Wildman–Crippen MR) is 92.0 cm³/mol. The Labute approximate surface area is 146 Å². The number of unbranched alkanes of at least 4 members (excludes halogenated alkanes) is 2. The molecular formula is C16H25ClF3N3O. The topological polar surface area (TPSA) is 72.3 Å². The van der Waals surface area contributed by atoms with Crippen molar-refractivity contribution in [3.63, 3.8) is 0 Å². The maximum absolute atomic E-state index is 12.8. The third kappa shape index (κ3) is 8.40. The van der Waals surface area contributed by atoms with Gasteiger partial charge in [-0.3, -0.25) is 4.79 Å². The number of primary amides is 1. The van der Waals surface area contributed by atoms with Crippen molar-refractivity contribution in [2.75, 3.05) is 25.9 Å². The molecule has 1 aromatic carbocycles. The van der Waals surface area contributed by atoms with Gasteiger partial charge in [0.1, 0.15) is 0 Å². The number of anilines is 1. The van der Waals surface area contributed by atoms with Gasteiger partial charge in [0.2, 0.25) is 5.91 Å². The van der Waals surface area contributed by atoms with Gasteiger partial charge in [0.25, 0.3) is 0 Å². The maximum Gasteiger partial charge on any atom is 0.418 e. The van der Waals surface area contributed by atoms with Gasteiger partial charge in [-0.1, -0.05) is 12.5 Å². The van der Waals surface area contributed by atoms with Crippen molar-refractivity contribution >= 4 is 24.0 Å². The molecule has 0 saturated heterocycles. The Morgan fingerprint density at radius 3 is 2.42 bits per heavy atom. The Bertz CT molecular complexity index is 524. The highest BCUT2D eigenvalue weighted by Gasteiger charge is 2.32. The molecule has 0 aliphatic rings. The number of amides is 1. The lowest BCUT2D eigenvalue weighted by Crippen LogP contribution is -2.22. The van der Waals surface area contributed by atoms with E-state index in [1.807, 2.05) is 7.05 Å². The van der Waals surface area contributed by atoms with Crippen molar-refractivity contribution in [3.05, 3.63) is 29.3 Å². The fourth-order valence-electron chi connectivity index (χ4n) is 2.29. The number of hydrogen-bond donors (Lipinski definition) is 2. The lowest BCUT2D eigenvalue weighted by atomic mass is 10.1. The first-order valence-corrected chi connectivity index (χ1v) is 7.62. The lowest BCUT2D eigenvalue weighted by Gasteiger charge is -2.17. The van der Waals surface area contributed by atoms with Gasteiger partial charge < -0.3 is 16.4 Å². The molecule has 8 heteroatoms. The molecular weight excluding hydrogens is 343 g/mol. The SMILES string of the molecule is CN(CCCCCC(N)=O)CCc1ccc(N)c(C(F)(F)F)c1.Cl. The Kier molecular flexibility index (Phi) is 9.77. The molecule has 1 aromatic rings. The molecule has 1 rings (SSSR count). The molecule has 0 radical (unpaired) electrons. The summed E-state index contributed by atoms with van der Waals surface area (Å²) in [4.78, 5) is 12.7. The molecule has 1 amide bonds. The van der Waals surface area contributed by atoms with Crippen LogP contribution in [0, 0.1) is 0 Å². The summed E-state index contributed by atoms with van der Waals surface area (Å²) in [6, 6.07) is 4.06. The summed E-state index contributed by atoms with van der Waals surface area (Å²) in [5.41, 5.74) is 10.0. The number of alkyl halides is 3. The van der Waals surface area contributed by atoms with Crippen LogP contribution in [-0.4, -0.2) is 30.9 Å². The van der Waals surface area contributed by atoms with Gasteiger partial charge in [-0.2, -0.15) is 13.2 Å². The number of carbonyl (C=O) groups is 1. The highest BCUT2D eigenvalue weighted by Crippen LogP contribution is 2.34. The first-order valence-electron chi connectivity index (χ1n) is 7.62. The molecule has 0 bridgehead atoms. The van der Waals surface area contributed by atoms with Gasteiger partial charge in [-0.15, -0.1) is 12.4 Å². The van der Waals surface area contributed by atoms with Gasteiger partial charge in [-0.05, 0) is 50.6 Å². The van der Waals surface area contributed by atoms with E-state index in [9.17, 15) is 18.0 Å². The Morgan fingerprint density at radius 1 is 1.17 bits per heavy atom. The monoisotopic (exact) mass is 367 g/mol. The number of nitrogens with zero attached hydrogens (tertiary/aromatic N) is 1. The molecule has 4 N–H and O–H groups in total. The second-order valence-corrected chi connectivity index (χ2v) is 5.75. The van der Waals surface area contributed by atoms with Crippen LogP contribution in [0.2, 0.25) is 0 Å². The lowest BCUT2D eigenvalue weighted by molar-refractivity contribution is -0.137. The van der Waals surface area contributed by atoms with Crippen LogP contribution in [0.5, 0.6) is 0 Å². The van der Waals surface area contributed by atoms with Crippen LogP contribution in [-0.2, 0) is 17.4 Å². The molecule has 138 valence electrons. The van der Waals surface area contributed by atoms with E-state index in [0.29, 0.717) is 24.9 Å². The number of rotatable bonds is 9. The number of nitrogen functional groups attached to an aromatic ring is 1. The van der Waals surface area contributed by atoms with Crippen LogP contribution in [0.3, 0.4) is 0 Å². The number of likely N-dealkylation sites (N-methyl/N-ethyl adjacent to an activating group) is 1. The average molecular weight is 368 g/mol. The van der Waals surface area contributed by atoms with Crippen LogP contribution in [0.4, 0.5) is 18.9 Å². The summed E-state index contributed by atoms with van der Waals surface area (Å²) < 4.78 is 38.4. The zero-order chi connectivity index (χ0) is 17.5. The molecule has 0 fully saturated rings. The van der Waals surface area contributed by atoms with E-state index < -0.39 is 11.7 Å². The molecule has 0 saturated carbocycles. The smallest absolute Gasteiger partial charge is 0.398 e. The summed E-state index contributed by atoms with van der Waals surface area (Å²) in [7, 11) is 1.93. The van der Waals surface area contributed by atoms with Gasteiger partial charge in [0.15, 0.2) is 0 Å². The first-order chi connectivity index (χ1) is 10.7. The number of benzene rings is 1. The van der Waals surface area contributed by atoms with E-state index in [2.05, 4.69) is 4.90 Å². The number of nitrogens with two attached hydrogens (primary N) is 2. The standard InChI is InChI=1S/C16H24F3N3O.ClH/c1-22(9-4-2-3-5-15(21)23)10-8-12-6-7-14(20)13(11-12)16(17,18)19;/h6-7,11H,2-5,8-10,20H2,1H3,(H2,21,23);1H. The number of hydrogen-bond acceptors (Lipinski definition) is 3. The molecule has 0 unspecified atom stereocenters. The van der Waals surface area contributed by atoms with E-state index in [1.165, 1.54) is 6.07 Å². The van der Waals surface area contributed by atoms with E-state index in [-0.39, 0.29) is 24.0 Å². The third-order valence-corrected chi connectivity index (χ3v) is 3.67. The fraction of sp³-hybridized carbons (Fsp3) is 0.562. The minimum atomic E-state index is -4.42. The Morgan fingerprint density at radius 2 is 1.83 bits per heavy atom. The summed E-state index contributed by atoms with van der Waals surface area (Å²) in [6.45, 7) is 1.50. The molecule has 0 aliphatic heterocycles. The van der Waals surface area contributed by atoms with E-state index >= 15 is 0 Å². The van der Waals surface area contributed by atoms with Crippen LogP contribution in [0.25, 0.3) is 0 Å². The van der Waals surface area contributed by atoms with Crippen molar-refractivity contribution in [3.8, 4) is 0 Å². The Balaban J connectivity index is 0.00000529. The molecule has 0 heterocycles. The number of carbonyl (C=O) groups excluding carboxylic acids is 1. The van der Waals surface area contributed by atoms with Gasteiger partial charge in [-0.25, -0.2) is 0 Å². The van der Waals surface area contributed by atoms with Crippen molar-refractivity contribution in [2.45, 2.75) is 38.3 Å². The van der Waals surface area contributed by atoms with E-state index in [1.54, 1.807) is 6.07 Å². The maximum atomic E-state index is 12.8. The van der Waals surface area contributed by atoms with Crippen molar-refractivity contribution in [1.29, 1.82) is 0 Å².